The molecule has 1 aromatic carbocycles. The van der Waals surface area contributed by atoms with Crippen LogP contribution in [-0.2, 0) is 0 Å². The molecular weight excluding hydrogens is 276 g/mol. The van der Waals surface area contributed by atoms with Crippen LogP contribution in [0.1, 0.15) is 33.5 Å². The zero-order valence-electron chi connectivity index (χ0n) is 11.3. The summed E-state index contributed by atoms with van der Waals surface area (Å²) in [5, 5.41) is 0. The van der Waals surface area contributed by atoms with Gasteiger partial charge >= 0.3 is 0 Å². The molecule has 1 nitrogen and oxygen atoms in total. The highest BCUT2D eigenvalue weighted by Gasteiger charge is 2.04. The summed E-state index contributed by atoms with van der Waals surface area (Å²) < 4.78 is 6.58. The number of hydrogen-bond donors (Lipinski definition) is 0. The van der Waals surface area contributed by atoms with Crippen molar-refractivity contribution in [2.24, 2.45) is 0 Å². The normalized spacial score (nSPS) is 8.59. The Hall–Kier alpha value is -1.02. The van der Waals surface area contributed by atoms with E-state index in [1.165, 1.54) is 0 Å². The van der Waals surface area contributed by atoms with Crippen LogP contribution in [0.2, 0.25) is 0 Å². The van der Waals surface area contributed by atoms with E-state index in [1.807, 2.05) is 71.0 Å². The molecule has 0 spiro atoms. The van der Waals surface area contributed by atoms with Gasteiger partial charge in [-0.2, -0.15) is 0 Å². The van der Waals surface area contributed by atoms with E-state index >= 15 is 0 Å². The van der Waals surface area contributed by atoms with Gasteiger partial charge in [0.1, 0.15) is 11.5 Å². The lowest BCUT2D eigenvalue weighted by molar-refractivity contribution is 0.548. The second kappa shape index (κ2) is 9.06. The van der Waals surface area contributed by atoms with Gasteiger partial charge in [-0.3, -0.25) is 0 Å². The molecule has 2 heteroatoms. The van der Waals surface area contributed by atoms with Crippen LogP contribution in [0.3, 0.4) is 0 Å². The number of aryl methyl sites for hydroxylation is 1. The summed E-state index contributed by atoms with van der Waals surface area (Å²) in [6.07, 6.45) is 0. The van der Waals surface area contributed by atoms with E-state index in [4.69, 9.17) is 4.42 Å². The zero-order chi connectivity index (χ0) is 13.3. The van der Waals surface area contributed by atoms with Crippen molar-refractivity contribution >= 4 is 15.9 Å². The molecule has 0 saturated heterocycles. The molecular formula is C15H21BrO. The average Bonchev–Trinajstić information content (AvgIpc) is 2.81. The maximum absolute atomic E-state index is 5.52. The minimum absolute atomic E-state index is 0.907. The van der Waals surface area contributed by atoms with E-state index in [1.54, 1.807) is 0 Å². The lowest BCUT2D eigenvalue weighted by atomic mass is 10.2. The smallest absolute Gasteiger partial charge is 0.135 e. The number of furan rings is 1. The molecule has 2 rings (SSSR count). The summed E-state index contributed by atoms with van der Waals surface area (Å²) in [4.78, 5) is 0. The monoisotopic (exact) mass is 296 g/mol. The van der Waals surface area contributed by atoms with Gasteiger partial charge in [-0.1, -0.05) is 61.8 Å². The highest BCUT2D eigenvalue weighted by Crippen LogP contribution is 2.28. The Morgan fingerprint density at radius 3 is 1.94 bits per heavy atom. The summed E-state index contributed by atoms with van der Waals surface area (Å²) in [7, 11) is 0. The van der Waals surface area contributed by atoms with Gasteiger partial charge in [0.05, 0.1) is 0 Å². The molecule has 0 saturated carbocycles. The number of hydrogen-bond acceptors (Lipinski definition) is 1. The minimum atomic E-state index is 0.907. The first kappa shape index (κ1) is 16.0. The lowest BCUT2D eigenvalue weighted by Crippen LogP contribution is -1.74. The molecule has 0 N–H and O–H groups in total. The van der Waals surface area contributed by atoms with Crippen molar-refractivity contribution in [2.45, 2.75) is 34.6 Å². The molecule has 0 fully saturated rings. The fourth-order valence-electron chi connectivity index (χ4n) is 1.24. The maximum Gasteiger partial charge on any atom is 0.135 e. The van der Waals surface area contributed by atoms with E-state index in [2.05, 4.69) is 15.9 Å². The predicted molar refractivity (Wildman–Crippen MR) is 79.3 cm³/mol. The molecule has 1 aromatic heterocycles. The van der Waals surface area contributed by atoms with Gasteiger partial charge < -0.3 is 4.42 Å². The highest BCUT2D eigenvalue weighted by molar-refractivity contribution is 9.10. The Kier molecular flexibility index (Phi) is 8.51. The molecule has 0 radical (unpaired) electrons. The lowest BCUT2D eigenvalue weighted by Gasteiger charge is -1.98. The Balaban J connectivity index is 0.000000581. The quantitative estimate of drug-likeness (QED) is 0.622. The molecule has 0 aliphatic rings. The van der Waals surface area contributed by atoms with Crippen LogP contribution in [-0.4, -0.2) is 0 Å². The first-order chi connectivity index (χ1) is 8.27. The maximum atomic E-state index is 5.52. The topological polar surface area (TPSA) is 13.1 Å². The molecule has 0 unspecified atom stereocenters. The van der Waals surface area contributed by atoms with Gasteiger partial charge in [0, 0.05) is 10.0 Å². The number of halogens is 1. The van der Waals surface area contributed by atoms with Crippen molar-refractivity contribution < 1.29 is 4.42 Å². The summed E-state index contributed by atoms with van der Waals surface area (Å²) in [6, 6.07) is 12.0. The van der Waals surface area contributed by atoms with Crippen molar-refractivity contribution in [1.29, 1.82) is 0 Å². The van der Waals surface area contributed by atoms with Gasteiger partial charge in [-0.05, 0) is 25.1 Å². The van der Waals surface area contributed by atoms with Crippen molar-refractivity contribution in [1.82, 2.24) is 0 Å². The molecule has 0 bridgehead atoms. The van der Waals surface area contributed by atoms with E-state index < -0.39 is 0 Å². The van der Waals surface area contributed by atoms with Crippen molar-refractivity contribution in [2.75, 3.05) is 0 Å². The van der Waals surface area contributed by atoms with Crippen LogP contribution in [0.15, 0.2) is 45.3 Å². The van der Waals surface area contributed by atoms with Crippen LogP contribution in [0.4, 0.5) is 0 Å². The van der Waals surface area contributed by atoms with Crippen LogP contribution in [0.5, 0.6) is 0 Å². The SMILES string of the molecule is CC.CC.Cc1ccc(-c2ccccc2Br)o1. The van der Waals surface area contributed by atoms with E-state index in [-0.39, 0.29) is 0 Å². The fraction of sp³-hybridized carbons (Fsp3) is 0.333. The van der Waals surface area contributed by atoms with Gasteiger partial charge in [-0.15, -0.1) is 0 Å². The van der Waals surface area contributed by atoms with Crippen LogP contribution < -0.4 is 0 Å². The van der Waals surface area contributed by atoms with Crippen LogP contribution in [0, 0.1) is 6.92 Å². The second-order valence-electron chi connectivity index (χ2n) is 2.89. The third kappa shape index (κ3) is 4.78. The summed E-state index contributed by atoms with van der Waals surface area (Å²) in [6.45, 7) is 9.94. The van der Waals surface area contributed by atoms with E-state index in [0.29, 0.717) is 0 Å². The molecule has 17 heavy (non-hydrogen) atoms. The molecule has 2 aromatic rings. The first-order valence-corrected chi connectivity index (χ1v) is 6.88. The Morgan fingerprint density at radius 2 is 1.47 bits per heavy atom. The Morgan fingerprint density at radius 1 is 0.882 bits per heavy atom. The molecule has 0 aliphatic carbocycles. The van der Waals surface area contributed by atoms with E-state index in [0.717, 1.165) is 21.6 Å². The van der Waals surface area contributed by atoms with Gasteiger partial charge in [-0.25, -0.2) is 0 Å². The molecule has 0 aliphatic heterocycles. The van der Waals surface area contributed by atoms with Crippen molar-refractivity contribution in [3.63, 3.8) is 0 Å². The number of rotatable bonds is 1. The van der Waals surface area contributed by atoms with Crippen molar-refractivity contribution in [3.05, 3.63) is 46.6 Å². The third-order valence-electron chi connectivity index (χ3n) is 1.88. The second-order valence-corrected chi connectivity index (χ2v) is 3.74. The largest absolute Gasteiger partial charge is 0.461 e. The summed E-state index contributed by atoms with van der Waals surface area (Å²) in [5.41, 5.74) is 1.09. The molecule has 0 amide bonds. The summed E-state index contributed by atoms with van der Waals surface area (Å²) >= 11 is 3.48. The average molecular weight is 297 g/mol. The van der Waals surface area contributed by atoms with Gasteiger partial charge in [0.15, 0.2) is 0 Å². The molecule has 94 valence electrons. The standard InChI is InChI=1S/C11H9BrO.2C2H6/c1-8-6-7-11(13-8)9-4-2-3-5-10(9)12;2*1-2/h2-7H,1H3;2*1-2H3. The van der Waals surface area contributed by atoms with E-state index in [9.17, 15) is 0 Å². The predicted octanol–water partition coefficient (Wildman–Crippen LogP) is 6.07. The van der Waals surface area contributed by atoms with Gasteiger partial charge in [0.25, 0.3) is 0 Å². The highest BCUT2D eigenvalue weighted by atomic mass is 79.9. The Labute approximate surface area is 113 Å². The third-order valence-corrected chi connectivity index (χ3v) is 2.57. The summed E-state index contributed by atoms with van der Waals surface area (Å²) in [5.74, 6) is 1.84. The Bertz CT molecular complexity index is 418. The van der Waals surface area contributed by atoms with Crippen LogP contribution >= 0.6 is 15.9 Å². The fourth-order valence-corrected chi connectivity index (χ4v) is 1.72. The minimum Gasteiger partial charge on any atom is -0.461 e. The molecule has 0 atom stereocenters. The van der Waals surface area contributed by atoms with Crippen LogP contribution in [0.25, 0.3) is 11.3 Å². The van der Waals surface area contributed by atoms with Gasteiger partial charge in [0.2, 0.25) is 0 Å². The number of benzene rings is 1. The molecule has 1 heterocycles. The first-order valence-electron chi connectivity index (χ1n) is 6.09. The zero-order valence-corrected chi connectivity index (χ0v) is 12.8. The van der Waals surface area contributed by atoms with Crippen molar-refractivity contribution in [3.8, 4) is 11.3 Å².